The Morgan fingerprint density at radius 2 is 1.53 bits per heavy atom. The quantitative estimate of drug-likeness (QED) is 0.253. The Hall–Kier alpha value is -4.32. The first-order chi connectivity index (χ1) is 18.4. The zero-order valence-corrected chi connectivity index (χ0v) is 22.4. The number of hydrogen-bond acceptors (Lipinski definition) is 4. The molecule has 4 rings (SSSR count). The molecular formula is C32H35N3O3. The molecule has 0 saturated heterocycles. The summed E-state index contributed by atoms with van der Waals surface area (Å²) < 4.78 is 5.24. The fraction of sp³-hybridized carbons (Fsp3) is 0.250. The van der Waals surface area contributed by atoms with Crippen LogP contribution in [0.4, 0.5) is 11.4 Å². The van der Waals surface area contributed by atoms with Gasteiger partial charge in [-0.3, -0.25) is 9.59 Å². The standard InChI is InChI=1S/C32H35N3O3/c1-5-28(25-15-10-7-11-16-25)32(37)35(23(2)24-13-8-6-9-14-24)22-26-21-27(18-19-29(26)34(3)4)33-31(36)30-17-12-20-38-30/h6-21,23,28H,5,22H2,1-4H3,(H,33,36). The van der Waals surface area contributed by atoms with E-state index in [1.807, 2.05) is 90.6 Å². The van der Waals surface area contributed by atoms with Crippen molar-refractivity contribution in [1.29, 1.82) is 0 Å². The Morgan fingerprint density at radius 1 is 0.868 bits per heavy atom. The number of carbonyl (C=O) groups is 2. The summed E-state index contributed by atoms with van der Waals surface area (Å²) in [6.45, 7) is 4.51. The molecule has 1 N–H and O–H groups in total. The average molecular weight is 510 g/mol. The van der Waals surface area contributed by atoms with Crippen molar-refractivity contribution >= 4 is 23.2 Å². The van der Waals surface area contributed by atoms with Crippen molar-refractivity contribution in [2.75, 3.05) is 24.3 Å². The number of benzene rings is 3. The number of furan rings is 1. The third-order valence-electron chi connectivity index (χ3n) is 6.85. The Labute approximate surface area is 224 Å². The number of amides is 2. The molecule has 6 nitrogen and oxygen atoms in total. The van der Waals surface area contributed by atoms with Gasteiger partial charge in [0.2, 0.25) is 5.91 Å². The first-order valence-electron chi connectivity index (χ1n) is 12.9. The van der Waals surface area contributed by atoms with Crippen LogP contribution in [-0.4, -0.2) is 30.8 Å². The molecule has 2 atom stereocenters. The second-order valence-corrected chi connectivity index (χ2v) is 9.59. The lowest BCUT2D eigenvalue weighted by Gasteiger charge is -2.34. The van der Waals surface area contributed by atoms with Crippen molar-refractivity contribution in [3.05, 3.63) is 120 Å². The van der Waals surface area contributed by atoms with E-state index in [2.05, 4.69) is 31.3 Å². The molecule has 0 radical (unpaired) electrons. The van der Waals surface area contributed by atoms with E-state index in [9.17, 15) is 9.59 Å². The molecule has 0 aliphatic carbocycles. The minimum absolute atomic E-state index is 0.0739. The normalized spacial score (nSPS) is 12.4. The van der Waals surface area contributed by atoms with Gasteiger partial charge in [0.1, 0.15) is 0 Å². The summed E-state index contributed by atoms with van der Waals surface area (Å²) in [5.41, 5.74) is 4.63. The average Bonchev–Trinajstić information content (AvgIpc) is 3.48. The smallest absolute Gasteiger partial charge is 0.291 e. The highest BCUT2D eigenvalue weighted by Crippen LogP contribution is 2.32. The van der Waals surface area contributed by atoms with Crippen LogP contribution < -0.4 is 10.2 Å². The van der Waals surface area contributed by atoms with Gasteiger partial charge >= 0.3 is 0 Å². The number of nitrogens with zero attached hydrogens (tertiary/aromatic N) is 2. The van der Waals surface area contributed by atoms with Gasteiger partial charge in [-0.2, -0.15) is 0 Å². The second kappa shape index (κ2) is 12.3. The molecule has 1 aromatic heterocycles. The molecule has 38 heavy (non-hydrogen) atoms. The van der Waals surface area contributed by atoms with Gasteiger partial charge in [0.25, 0.3) is 5.91 Å². The van der Waals surface area contributed by atoms with Crippen LogP contribution in [0.2, 0.25) is 0 Å². The van der Waals surface area contributed by atoms with Gasteiger partial charge in [-0.1, -0.05) is 67.6 Å². The third-order valence-corrected chi connectivity index (χ3v) is 6.85. The lowest BCUT2D eigenvalue weighted by Crippen LogP contribution is -2.37. The van der Waals surface area contributed by atoms with Gasteiger partial charge in [-0.15, -0.1) is 0 Å². The van der Waals surface area contributed by atoms with Gasteiger partial charge in [0.05, 0.1) is 18.2 Å². The molecule has 0 aliphatic heterocycles. The number of anilines is 2. The summed E-state index contributed by atoms with van der Waals surface area (Å²) in [6.07, 6.45) is 2.17. The number of nitrogens with one attached hydrogen (secondary N) is 1. The maximum Gasteiger partial charge on any atom is 0.291 e. The largest absolute Gasteiger partial charge is 0.459 e. The highest BCUT2D eigenvalue weighted by atomic mass is 16.3. The lowest BCUT2D eigenvalue weighted by molar-refractivity contribution is -0.135. The summed E-state index contributed by atoms with van der Waals surface area (Å²) in [5, 5.41) is 2.92. The molecule has 6 heteroatoms. The highest BCUT2D eigenvalue weighted by Gasteiger charge is 2.29. The van der Waals surface area contributed by atoms with Gasteiger partial charge in [0, 0.05) is 32.0 Å². The number of carbonyl (C=O) groups excluding carboxylic acids is 2. The van der Waals surface area contributed by atoms with Gasteiger partial charge < -0.3 is 19.5 Å². The Balaban J connectivity index is 1.71. The van der Waals surface area contributed by atoms with Crippen molar-refractivity contribution in [3.63, 3.8) is 0 Å². The first kappa shape index (κ1) is 26.7. The molecule has 2 unspecified atom stereocenters. The van der Waals surface area contributed by atoms with E-state index in [4.69, 9.17) is 4.42 Å². The maximum absolute atomic E-state index is 14.2. The SMILES string of the molecule is CCC(C(=O)N(Cc1cc(NC(=O)c2ccco2)ccc1N(C)C)C(C)c1ccccc1)c1ccccc1. The highest BCUT2D eigenvalue weighted by molar-refractivity contribution is 6.02. The molecule has 0 saturated carbocycles. The van der Waals surface area contributed by atoms with Crippen molar-refractivity contribution < 1.29 is 14.0 Å². The maximum atomic E-state index is 14.2. The number of hydrogen-bond donors (Lipinski definition) is 1. The molecule has 0 spiro atoms. The lowest BCUT2D eigenvalue weighted by atomic mass is 9.93. The van der Waals surface area contributed by atoms with E-state index in [0.29, 0.717) is 18.7 Å². The van der Waals surface area contributed by atoms with Crippen molar-refractivity contribution in [2.45, 2.75) is 38.8 Å². The van der Waals surface area contributed by atoms with Crippen LogP contribution in [0.5, 0.6) is 0 Å². The summed E-state index contributed by atoms with van der Waals surface area (Å²) in [6, 6.07) is 29.0. The summed E-state index contributed by atoms with van der Waals surface area (Å²) >= 11 is 0. The van der Waals surface area contributed by atoms with E-state index in [1.54, 1.807) is 12.1 Å². The summed E-state index contributed by atoms with van der Waals surface area (Å²) in [4.78, 5) is 30.8. The minimum Gasteiger partial charge on any atom is -0.459 e. The molecule has 2 amide bonds. The zero-order chi connectivity index (χ0) is 27.1. The molecule has 1 heterocycles. The first-order valence-corrected chi connectivity index (χ1v) is 12.9. The Morgan fingerprint density at radius 3 is 2.11 bits per heavy atom. The van der Waals surface area contributed by atoms with E-state index >= 15 is 0 Å². The molecule has 3 aromatic carbocycles. The third kappa shape index (κ3) is 6.14. The van der Waals surface area contributed by atoms with E-state index in [0.717, 1.165) is 22.4 Å². The van der Waals surface area contributed by atoms with Crippen LogP contribution in [0, 0.1) is 0 Å². The predicted octanol–water partition coefficient (Wildman–Crippen LogP) is 6.88. The van der Waals surface area contributed by atoms with Crippen LogP contribution in [0.1, 0.15) is 59.5 Å². The van der Waals surface area contributed by atoms with Gasteiger partial charge in [0.15, 0.2) is 5.76 Å². The van der Waals surface area contributed by atoms with Crippen LogP contribution in [0.25, 0.3) is 0 Å². The van der Waals surface area contributed by atoms with Crippen molar-refractivity contribution in [3.8, 4) is 0 Å². The summed E-state index contributed by atoms with van der Waals surface area (Å²) in [7, 11) is 3.96. The van der Waals surface area contributed by atoms with Gasteiger partial charge in [-0.05, 0) is 60.4 Å². The topological polar surface area (TPSA) is 65.8 Å². The Bertz CT molecular complexity index is 1340. The van der Waals surface area contributed by atoms with Crippen LogP contribution in [-0.2, 0) is 11.3 Å². The summed E-state index contributed by atoms with van der Waals surface area (Å²) in [5.74, 6) is -0.262. The minimum atomic E-state index is -0.320. The van der Waals surface area contributed by atoms with Crippen LogP contribution in [0.3, 0.4) is 0 Å². The molecule has 0 bridgehead atoms. The fourth-order valence-electron chi connectivity index (χ4n) is 4.77. The fourth-order valence-corrected chi connectivity index (χ4v) is 4.77. The number of rotatable bonds is 10. The van der Waals surface area contributed by atoms with Crippen molar-refractivity contribution in [2.24, 2.45) is 0 Å². The zero-order valence-electron chi connectivity index (χ0n) is 22.4. The van der Waals surface area contributed by atoms with E-state index in [1.165, 1.54) is 6.26 Å². The predicted molar refractivity (Wildman–Crippen MR) is 152 cm³/mol. The molecule has 196 valence electrons. The molecule has 0 fully saturated rings. The van der Waals surface area contributed by atoms with Crippen LogP contribution >= 0.6 is 0 Å². The molecule has 0 aliphatic rings. The van der Waals surface area contributed by atoms with Gasteiger partial charge in [-0.25, -0.2) is 0 Å². The monoisotopic (exact) mass is 509 g/mol. The molecule has 4 aromatic rings. The van der Waals surface area contributed by atoms with Crippen LogP contribution in [0.15, 0.2) is 102 Å². The molecular weight excluding hydrogens is 474 g/mol. The van der Waals surface area contributed by atoms with E-state index < -0.39 is 0 Å². The van der Waals surface area contributed by atoms with Crippen molar-refractivity contribution in [1.82, 2.24) is 4.90 Å². The Kier molecular flexibility index (Phi) is 8.64. The second-order valence-electron chi connectivity index (χ2n) is 9.59. The van der Waals surface area contributed by atoms with E-state index in [-0.39, 0.29) is 29.5 Å².